The third kappa shape index (κ3) is 1.90. The Kier molecular flexibility index (Phi) is 3.28. The molecule has 0 bridgehead atoms. The summed E-state index contributed by atoms with van der Waals surface area (Å²) in [7, 11) is 2.69. The Labute approximate surface area is 110 Å². The number of benzene rings is 1. The first-order chi connectivity index (χ1) is 7.97. The molecule has 3 nitrogen and oxygen atoms in total. The van der Waals surface area contributed by atoms with Crippen LogP contribution < -0.4 is 5.30 Å². The molecule has 0 N–H and O–H groups in total. The number of fused-ring (bicyclic) bond motifs is 1. The number of nitrogens with zero attached hydrogens (tertiary/aromatic N) is 2. The Hall–Kier alpha value is -0.860. The van der Waals surface area contributed by atoms with E-state index in [0.717, 1.165) is 31.8 Å². The van der Waals surface area contributed by atoms with E-state index >= 15 is 0 Å². The van der Waals surface area contributed by atoms with E-state index in [1.807, 2.05) is 19.9 Å². The fourth-order valence-corrected chi connectivity index (χ4v) is 2.72. The maximum absolute atomic E-state index is 10.8. The molecule has 0 saturated heterocycles. The molecule has 17 heavy (non-hydrogen) atoms. The molecule has 5 heteroatoms. The lowest BCUT2D eigenvalue weighted by molar-refractivity contribution is 1.21. The summed E-state index contributed by atoms with van der Waals surface area (Å²) < 4.78 is 1.04. The number of nitroso groups, excluding NO2 is 1. The first-order valence-electron chi connectivity index (χ1n) is 5.16. The van der Waals surface area contributed by atoms with Gasteiger partial charge in [-0.25, -0.2) is 0 Å². The van der Waals surface area contributed by atoms with Crippen LogP contribution in [0.25, 0.3) is 10.9 Å². The number of aromatic nitrogens is 1. The summed E-state index contributed by atoms with van der Waals surface area (Å²) in [5.41, 5.74) is 4.03. The normalized spacial score (nSPS) is 10.9. The van der Waals surface area contributed by atoms with E-state index < -0.39 is 0 Å². The Morgan fingerprint density at radius 1 is 1.35 bits per heavy atom. The Morgan fingerprint density at radius 3 is 2.59 bits per heavy atom. The predicted molar refractivity (Wildman–Crippen MR) is 78.5 cm³/mol. The molecular weight excluding hydrogens is 299 g/mol. The number of hydrogen-bond donors (Lipinski definition) is 0. The average Bonchev–Trinajstić information content (AvgIpc) is 2.29. The van der Waals surface area contributed by atoms with Crippen molar-refractivity contribution in [3.05, 3.63) is 32.3 Å². The van der Waals surface area contributed by atoms with Crippen molar-refractivity contribution in [2.45, 2.75) is 20.8 Å². The second kappa shape index (κ2) is 4.43. The number of aryl methyl sites for hydroxylation is 3. The van der Waals surface area contributed by atoms with Crippen molar-refractivity contribution in [1.29, 1.82) is 0 Å². The zero-order valence-corrected chi connectivity index (χ0v) is 12.6. The zero-order chi connectivity index (χ0) is 12.7. The maximum atomic E-state index is 10.8. The molecule has 1 aromatic heterocycles. The topological polar surface area (TPSA) is 42.3 Å². The van der Waals surface area contributed by atoms with Crippen molar-refractivity contribution in [2.24, 2.45) is 5.18 Å². The second-order valence-corrected chi connectivity index (χ2v) is 5.45. The lowest BCUT2D eigenvalue weighted by Crippen LogP contribution is -2.03. The Morgan fingerprint density at radius 2 is 2.00 bits per heavy atom. The highest BCUT2D eigenvalue weighted by Crippen LogP contribution is 2.31. The number of rotatable bonds is 1. The van der Waals surface area contributed by atoms with Gasteiger partial charge in [0.25, 0.3) is 0 Å². The van der Waals surface area contributed by atoms with E-state index in [0.29, 0.717) is 11.4 Å². The van der Waals surface area contributed by atoms with Gasteiger partial charge in [-0.1, -0.05) is 0 Å². The molecule has 1 atom stereocenters. The van der Waals surface area contributed by atoms with Crippen LogP contribution in [0.3, 0.4) is 0 Å². The molecule has 0 spiro atoms. The smallest absolute Gasteiger partial charge is 0.132 e. The van der Waals surface area contributed by atoms with Crippen LogP contribution in [0.1, 0.15) is 16.8 Å². The van der Waals surface area contributed by atoms with Crippen LogP contribution in [-0.4, -0.2) is 4.98 Å². The molecule has 0 aliphatic heterocycles. The lowest BCUT2D eigenvalue weighted by atomic mass is 10.0. The van der Waals surface area contributed by atoms with Crippen LogP contribution in [0.5, 0.6) is 0 Å². The van der Waals surface area contributed by atoms with Gasteiger partial charge in [-0.3, -0.25) is 4.98 Å². The Balaban J connectivity index is 3.02. The molecule has 2 aromatic rings. The summed E-state index contributed by atoms with van der Waals surface area (Å²) in [6, 6.07) is 2.03. The van der Waals surface area contributed by atoms with Crippen LogP contribution in [0.2, 0.25) is 0 Å². The molecule has 0 radical (unpaired) electrons. The summed E-state index contributed by atoms with van der Waals surface area (Å²) in [4.78, 5) is 15.3. The number of hydrogen-bond acceptors (Lipinski definition) is 3. The van der Waals surface area contributed by atoms with E-state index in [2.05, 4.69) is 35.3 Å². The van der Waals surface area contributed by atoms with Crippen molar-refractivity contribution in [3.63, 3.8) is 0 Å². The van der Waals surface area contributed by atoms with E-state index in [9.17, 15) is 4.91 Å². The minimum Gasteiger partial charge on any atom is -0.250 e. The highest BCUT2D eigenvalue weighted by Gasteiger charge is 2.14. The third-order valence-corrected chi connectivity index (χ3v) is 4.96. The van der Waals surface area contributed by atoms with Crippen molar-refractivity contribution >= 4 is 47.1 Å². The van der Waals surface area contributed by atoms with Crippen molar-refractivity contribution in [1.82, 2.24) is 4.98 Å². The maximum Gasteiger partial charge on any atom is 0.132 e. The third-order valence-electron chi connectivity index (χ3n) is 2.93. The lowest BCUT2D eigenvalue weighted by Gasteiger charge is -2.11. The van der Waals surface area contributed by atoms with Crippen LogP contribution in [0.4, 0.5) is 5.69 Å². The van der Waals surface area contributed by atoms with Gasteiger partial charge in [0.2, 0.25) is 0 Å². The van der Waals surface area contributed by atoms with Crippen LogP contribution >= 0.6 is 25.2 Å². The summed E-state index contributed by atoms with van der Waals surface area (Å²) in [6.07, 6.45) is 0. The van der Waals surface area contributed by atoms with E-state index in [1.165, 1.54) is 0 Å². The first-order valence-corrected chi connectivity index (χ1v) is 6.53. The Bertz CT molecular complexity index is 640. The molecule has 0 aliphatic carbocycles. The molecule has 88 valence electrons. The van der Waals surface area contributed by atoms with Gasteiger partial charge in [-0.05, 0) is 59.1 Å². The van der Waals surface area contributed by atoms with Crippen LogP contribution in [0.15, 0.2) is 15.7 Å². The second-order valence-electron chi connectivity index (χ2n) is 4.08. The van der Waals surface area contributed by atoms with E-state index in [4.69, 9.17) is 0 Å². The molecule has 2 rings (SSSR count). The standard InChI is InChI=1S/C12H12BrN2OP/c1-5-4-8-6(2)10(15-16)7(3)14-11(8)12(17)9(5)13/h4H,17H2,1-3H3. The molecule has 0 aliphatic rings. The molecule has 0 fully saturated rings. The summed E-state index contributed by atoms with van der Waals surface area (Å²) >= 11 is 3.54. The van der Waals surface area contributed by atoms with Crippen molar-refractivity contribution in [3.8, 4) is 0 Å². The monoisotopic (exact) mass is 310 g/mol. The highest BCUT2D eigenvalue weighted by atomic mass is 79.9. The van der Waals surface area contributed by atoms with Gasteiger partial charge < -0.3 is 0 Å². The fraction of sp³-hybridized carbons (Fsp3) is 0.250. The van der Waals surface area contributed by atoms with E-state index in [1.54, 1.807) is 6.92 Å². The predicted octanol–water partition coefficient (Wildman–Crippen LogP) is 3.82. The minimum atomic E-state index is 0.448. The zero-order valence-electron chi connectivity index (χ0n) is 9.84. The van der Waals surface area contributed by atoms with Crippen molar-refractivity contribution < 1.29 is 0 Å². The molecule has 0 saturated carbocycles. The van der Waals surface area contributed by atoms with Crippen LogP contribution in [0, 0.1) is 25.7 Å². The summed E-state index contributed by atoms with van der Waals surface area (Å²) in [6.45, 7) is 5.73. The molecule has 0 amide bonds. The fourth-order valence-electron chi connectivity index (χ4n) is 1.97. The van der Waals surface area contributed by atoms with Gasteiger partial charge in [0, 0.05) is 15.2 Å². The molecular formula is C12H12BrN2OP. The van der Waals surface area contributed by atoms with Gasteiger partial charge >= 0.3 is 0 Å². The van der Waals surface area contributed by atoms with Crippen LogP contribution in [-0.2, 0) is 0 Å². The molecule has 1 aromatic carbocycles. The summed E-state index contributed by atoms with van der Waals surface area (Å²) in [5.74, 6) is 0. The van der Waals surface area contributed by atoms with Gasteiger partial charge in [0.15, 0.2) is 0 Å². The number of pyridine rings is 1. The van der Waals surface area contributed by atoms with E-state index in [-0.39, 0.29) is 0 Å². The van der Waals surface area contributed by atoms with Crippen molar-refractivity contribution in [2.75, 3.05) is 0 Å². The molecule has 1 unspecified atom stereocenters. The van der Waals surface area contributed by atoms with Gasteiger partial charge in [-0.15, -0.1) is 14.1 Å². The van der Waals surface area contributed by atoms with Gasteiger partial charge in [-0.2, -0.15) is 0 Å². The van der Waals surface area contributed by atoms with Gasteiger partial charge in [0.1, 0.15) is 5.69 Å². The minimum absolute atomic E-state index is 0.448. The number of halogens is 1. The largest absolute Gasteiger partial charge is 0.250 e. The summed E-state index contributed by atoms with van der Waals surface area (Å²) in [5, 5.41) is 5.07. The van der Waals surface area contributed by atoms with Gasteiger partial charge in [0.05, 0.1) is 11.2 Å². The SMILES string of the molecule is Cc1cc2c(C)c(N=O)c(C)nc2c(P)c1Br. The average molecular weight is 311 g/mol. The highest BCUT2D eigenvalue weighted by molar-refractivity contribution is 9.10. The first kappa shape index (κ1) is 12.6. The molecule has 1 heterocycles. The quantitative estimate of drug-likeness (QED) is 0.593.